The fraction of sp³-hybridized carbons (Fsp3) is 0.417. The Hall–Kier alpha value is -2.28. The van der Waals surface area contributed by atoms with Crippen LogP contribution in [0.1, 0.15) is 37.3 Å². The van der Waals surface area contributed by atoms with Gasteiger partial charge >= 0.3 is 6.16 Å². The Morgan fingerprint density at radius 1 is 1.16 bits per heavy atom. The van der Waals surface area contributed by atoms with Gasteiger partial charge in [0.25, 0.3) is 0 Å². The molecular weight excluding hydrogens is 453 g/mol. The molecule has 1 fully saturated rings. The highest BCUT2D eigenvalue weighted by Gasteiger charge is 2.54. The van der Waals surface area contributed by atoms with Gasteiger partial charge in [0.15, 0.2) is 0 Å². The first-order chi connectivity index (χ1) is 15.2. The van der Waals surface area contributed by atoms with Gasteiger partial charge in [0.05, 0.1) is 12.1 Å². The largest absolute Gasteiger partial charge is 0.508 e. The number of halogens is 2. The molecule has 1 N–H and O–H groups in total. The predicted molar refractivity (Wildman–Crippen MR) is 124 cm³/mol. The first-order valence-corrected chi connectivity index (χ1v) is 11.2. The van der Waals surface area contributed by atoms with E-state index in [2.05, 4.69) is 5.32 Å². The zero-order chi connectivity index (χ0) is 23.5. The van der Waals surface area contributed by atoms with Crippen LogP contribution in [0, 0.1) is 6.92 Å². The maximum absolute atomic E-state index is 13.1. The number of benzene rings is 2. The highest BCUT2D eigenvalue weighted by molar-refractivity contribution is 6.32. The Balaban J connectivity index is 2.03. The third kappa shape index (κ3) is 5.03. The van der Waals surface area contributed by atoms with Crippen molar-refractivity contribution in [2.24, 2.45) is 0 Å². The second-order valence-corrected chi connectivity index (χ2v) is 8.89. The average molecular weight is 480 g/mol. The van der Waals surface area contributed by atoms with E-state index < -0.39 is 23.7 Å². The van der Waals surface area contributed by atoms with E-state index in [1.807, 2.05) is 50.2 Å². The summed E-state index contributed by atoms with van der Waals surface area (Å²) in [6.07, 6.45) is -1.19. The highest BCUT2D eigenvalue weighted by Crippen LogP contribution is 2.43. The summed E-state index contributed by atoms with van der Waals surface area (Å²) in [5, 5.41) is 4.06. The van der Waals surface area contributed by atoms with Gasteiger partial charge in [0.2, 0.25) is 5.91 Å². The van der Waals surface area contributed by atoms with Crippen LogP contribution in [0.2, 0.25) is 10.0 Å². The maximum Gasteiger partial charge on any atom is 0.508 e. The molecule has 3 atom stereocenters. The lowest BCUT2D eigenvalue weighted by Gasteiger charge is -2.32. The number of carbonyl (C=O) groups excluding carboxylic acids is 2. The molecule has 3 rings (SSSR count). The summed E-state index contributed by atoms with van der Waals surface area (Å²) in [5.74, 6) is -1.05. The number of amides is 1. The fourth-order valence-corrected chi connectivity index (χ4v) is 4.66. The molecule has 0 aliphatic carbocycles. The lowest BCUT2D eigenvalue weighted by molar-refractivity contribution is -0.121. The topological polar surface area (TPSA) is 73.9 Å². The minimum atomic E-state index is -0.838. The summed E-state index contributed by atoms with van der Waals surface area (Å²) in [7, 11) is 1.58. The first-order valence-electron chi connectivity index (χ1n) is 10.4. The quantitative estimate of drug-likeness (QED) is 0.529. The van der Waals surface area contributed by atoms with E-state index >= 15 is 0 Å². The number of aryl methyl sites for hydroxylation is 1. The number of methoxy groups -OCH3 is 1. The molecule has 1 saturated heterocycles. The summed E-state index contributed by atoms with van der Waals surface area (Å²) in [5.41, 5.74) is 2.45. The Bertz CT molecular complexity index is 971. The van der Waals surface area contributed by atoms with Crippen molar-refractivity contribution in [2.75, 3.05) is 20.3 Å². The minimum absolute atomic E-state index is 0.169. The number of carbonyl (C=O) groups is 2. The molecule has 0 aromatic heterocycles. The lowest BCUT2D eigenvalue weighted by Crippen LogP contribution is -2.48. The van der Waals surface area contributed by atoms with Crippen molar-refractivity contribution in [3.8, 4) is 11.1 Å². The molecule has 2 aromatic carbocycles. The number of ether oxygens (including phenoxy) is 3. The van der Waals surface area contributed by atoms with Crippen LogP contribution in [0.25, 0.3) is 11.1 Å². The summed E-state index contributed by atoms with van der Waals surface area (Å²) in [6.45, 7) is 5.97. The molecule has 0 spiro atoms. The zero-order valence-electron chi connectivity index (χ0n) is 18.5. The van der Waals surface area contributed by atoms with Crippen LogP contribution >= 0.6 is 23.2 Å². The van der Waals surface area contributed by atoms with Crippen LogP contribution in [0.3, 0.4) is 0 Å². The molecule has 1 aliphatic rings. The van der Waals surface area contributed by atoms with Gasteiger partial charge in [-0.1, -0.05) is 41.4 Å². The van der Waals surface area contributed by atoms with E-state index in [0.717, 1.165) is 16.7 Å². The van der Waals surface area contributed by atoms with Crippen LogP contribution in [0.4, 0.5) is 4.79 Å². The van der Waals surface area contributed by atoms with Gasteiger partial charge in [0.1, 0.15) is 12.0 Å². The minimum Gasteiger partial charge on any atom is -0.435 e. The van der Waals surface area contributed by atoms with Crippen molar-refractivity contribution < 1.29 is 23.8 Å². The Morgan fingerprint density at radius 2 is 1.84 bits per heavy atom. The highest BCUT2D eigenvalue weighted by atomic mass is 35.5. The lowest BCUT2D eigenvalue weighted by atomic mass is 9.82. The van der Waals surface area contributed by atoms with Gasteiger partial charge in [-0.15, -0.1) is 0 Å². The fourth-order valence-electron chi connectivity index (χ4n) is 4.15. The van der Waals surface area contributed by atoms with Gasteiger partial charge in [-0.2, -0.15) is 0 Å². The molecule has 1 amide bonds. The van der Waals surface area contributed by atoms with Gasteiger partial charge in [0, 0.05) is 23.8 Å². The third-order valence-corrected chi connectivity index (χ3v) is 6.32. The monoisotopic (exact) mass is 479 g/mol. The smallest absolute Gasteiger partial charge is 0.435 e. The van der Waals surface area contributed by atoms with Crippen molar-refractivity contribution in [2.45, 2.75) is 44.8 Å². The number of nitrogens with one attached hydrogen (secondary N) is 1. The average Bonchev–Trinajstić information content (AvgIpc) is 2.97. The number of hydrogen-bond donors (Lipinski definition) is 1. The summed E-state index contributed by atoms with van der Waals surface area (Å²) in [6, 6.07) is 11.2. The molecule has 2 aromatic rings. The van der Waals surface area contributed by atoms with Crippen LogP contribution in [0.5, 0.6) is 0 Å². The Kier molecular flexibility index (Phi) is 7.70. The van der Waals surface area contributed by atoms with Crippen molar-refractivity contribution in [1.82, 2.24) is 5.32 Å². The predicted octanol–water partition coefficient (Wildman–Crippen LogP) is 5.52. The van der Waals surface area contributed by atoms with E-state index in [9.17, 15) is 9.59 Å². The van der Waals surface area contributed by atoms with Crippen LogP contribution in [-0.2, 0) is 19.0 Å². The Morgan fingerprint density at radius 3 is 2.44 bits per heavy atom. The van der Waals surface area contributed by atoms with E-state index in [1.54, 1.807) is 14.0 Å². The zero-order valence-corrected chi connectivity index (χ0v) is 20.0. The molecule has 6 nitrogen and oxygen atoms in total. The summed E-state index contributed by atoms with van der Waals surface area (Å²) < 4.78 is 15.9. The molecule has 0 bridgehead atoms. The Labute approximate surface area is 198 Å². The molecule has 172 valence electrons. The molecule has 3 unspecified atom stereocenters. The molecule has 8 heteroatoms. The van der Waals surface area contributed by atoms with Gasteiger partial charge in [-0.3, -0.25) is 4.79 Å². The first kappa shape index (κ1) is 24.4. The van der Waals surface area contributed by atoms with Crippen LogP contribution in [0.15, 0.2) is 36.4 Å². The number of rotatable bonds is 7. The van der Waals surface area contributed by atoms with E-state index in [0.29, 0.717) is 28.6 Å². The molecule has 0 saturated carbocycles. The standard InChI is InChI=1S/C24H27Cl2NO5/c1-5-31-23(29)32-21-20(22(28)27-24(21,3)10-11-30-4)19-14(2)12-16(13-18(19)26)15-6-8-17(25)9-7-15/h6-9,12-13,20-21H,5,10-11H2,1-4H3,(H,27,28). The molecule has 32 heavy (non-hydrogen) atoms. The second-order valence-electron chi connectivity index (χ2n) is 8.04. The van der Waals surface area contributed by atoms with Gasteiger partial charge in [-0.05, 0) is 67.6 Å². The van der Waals surface area contributed by atoms with Gasteiger partial charge < -0.3 is 19.5 Å². The van der Waals surface area contributed by atoms with Crippen molar-refractivity contribution in [3.63, 3.8) is 0 Å². The van der Waals surface area contributed by atoms with E-state index in [-0.39, 0.29) is 12.5 Å². The summed E-state index contributed by atoms with van der Waals surface area (Å²) in [4.78, 5) is 25.4. The van der Waals surface area contributed by atoms with Crippen molar-refractivity contribution in [3.05, 3.63) is 57.6 Å². The number of hydrogen-bond acceptors (Lipinski definition) is 5. The summed E-state index contributed by atoms with van der Waals surface area (Å²) >= 11 is 12.7. The normalized spacial score (nSPS) is 22.5. The van der Waals surface area contributed by atoms with E-state index in [4.69, 9.17) is 37.4 Å². The van der Waals surface area contributed by atoms with Crippen molar-refractivity contribution in [1.29, 1.82) is 0 Å². The third-order valence-electron chi connectivity index (χ3n) is 5.76. The van der Waals surface area contributed by atoms with Crippen molar-refractivity contribution >= 4 is 35.3 Å². The second kappa shape index (κ2) is 10.1. The van der Waals surface area contributed by atoms with Crippen LogP contribution in [-0.4, -0.2) is 44.0 Å². The maximum atomic E-state index is 13.1. The molecule has 1 aliphatic heterocycles. The van der Waals surface area contributed by atoms with Crippen LogP contribution < -0.4 is 5.32 Å². The van der Waals surface area contributed by atoms with E-state index in [1.165, 1.54) is 0 Å². The molecular formula is C24H27Cl2NO5. The van der Waals surface area contributed by atoms with Gasteiger partial charge in [-0.25, -0.2) is 4.79 Å². The molecule has 1 heterocycles. The SMILES string of the molecule is CCOC(=O)OC1C(c2c(C)cc(-c3ccc(Cl)cc3)cc2Cl)C(=O)NC1(C)CCOC. The molecule has 0 radical (unpaired) electrons.